The molecular weight excluding hydrogens is 182 g/mol. The summed E-state index contributed by atoms with van der Waals surface area (Å²) in [6.07, 6.45) is 3.06. The van der Waals surface area contributed by atoms with Gasteiger partial charge in [-0.05, 0) is 48.6 Å². The predicted octanol–water partition coefficient (Wildman–Crippen LogP) is 4.06. The quantitative estimate of drug-likeness (QED) is 0.710. The molecule has 1 aromatic heterocycles. The minimum atomic E-state index is 0.633. The van der Waals surface area contributed by atoms with E-state index < -0.39 is 0 Å². The molecule has 1 atom stereocenters. The van der Waals surface area contributed by atoms with Crippen molar-refractivity contribution in [1.82, 2.24) is 4.98 Å². The Morgan fingerprint density at radius 1 is 1.27 bits per heavy atom. The molecule has 1 heteroatoms. The minimum Gasteiger partial charge on any atom is -0.256 e. The summed E-state index contributed by atoms with van der Waals surface area (Å²) in [5, 5.41) is 1.29. The third-order valence-electron chi connectivity index (χ3n) is 3.17. The Hall–Kier alpha value is -1.37. The number of aromatic nitrogens is 1. The SMILES string of the molecule is CCC(C)c1ccc2nccc(C)c2c1. The molecule has 78 valence electrons. The summed E-state index contributed by atoms with van der Waals surface area (Å²) >= 11 is 0. The van der Waals surface area contributed by atoms with Gasteiger partial charge in [0.05, 0.1) is 5.52 Å². The van der Waals surface area contributed by atoms with Gasteiger partial charge in [-0.25, -0.2) is 0 Å². The van der Waals surface area contributed by atoms with Crippen LogP contribution in [0, 0.1) is 6.92 Å². The van der Waals surface area contributed by atoms with Gasteiger partial charge in [-0.15, -0.1) is 0 Å². The van der Waals surface area contributed by atoms with Gasteiger partial charge in [-0.3, -0.25) is 4.98 Å². The predicted molar refractivity (Wildman–Crippen MR) is 65.2 cm³/mol. The van der Waals surface area contributed by atoms with Crippen molar-refractivity contribution >= 4 is 10.9 Å². The summed E-state index contributed by atoms with van der Waals surface area (Å²) in [5.74, 6) is 0.633. The summed E-state index contributed by atoms with van der Waals surface area (Å²) in [6, 6.07) is 8.68. The maximum absolute atomic E-state index is 4.37. The normalized spacial score (nSPS) is 13.0. The molecule has 1 heterocycles. The van der Waals surface area contributed by atoms with Gasteiger partial charge in [-0.1, -0.05) is 19.9 Å². The number of hydrogen-bond acceptors (Lipinski definition) is 1. The molecule has 1 unspecified atom stereocenters. The lowest BCUT2D eigenvalue weighted by atomic mass is 9.96. The van der Waals surface area contributed by atoms with Crippen molar-refractivity contribution in [2.24, 2.45) is 0 Å². The van der Waals surface area contributed by atoms with Crippen molar-refractivity contribution in [3.05, 3.63) is 41.6 Å². The van der Waals surface area contributed by atoms with Crippen LogP contribution in [0.5, 0.6) is 0 Å². The van der Waals surface area contributed by atoms with E-state index in [1.54, 1.807) is 0 Å². The number of aryl methyl sites for hydroxylation is 1. The minimum absolute atomic E-state index is 0.633. The number of hydrogen-bond donors (Lipinski definition) is 0. The molecule has 2 rings (SSSR count). The summed E-state index contributed by atoms with van der Waals surface area (Å²) in [5.41, 5.74) is 3.83. The molecule has 0 aliphatic heterocycles. The zero-order valence-electron chi connectivity index (χ0n) is 9.62. The Morgan fingerprint density at radius 2 is 2.07 bits per heavy atom. The second-order valence-electron chi connectivity index (χ2n) is 4.21. The van der Waals surface area contributed by atoms with E-state index >= 15 is 0 Å². The average Bonchev–Trinajstić information content (AvgIpc) is 2.28. The first-order valence-electron chi connectivity index (χ1n) is 5.57. The monoisotopic (exact) mass is 199 g/mol. The first-order valence-corrected chi connectivity index (χ1v) is 5.57. The van der Waals surface area contributed by atoms with Gasteiger partial charge in [0.25, 0.3) is 0 Å². The Kier molecular flexibility index (Phi) is 2.72. The molecule has 2 aromatic rings. The molecule has 15 heavy (non-hydrogen) atoms. The highest BCUT2D eigenvalue weighted by atomic mass is 14.6. The molecule has 0 saturated carbocycles. The van der Waals surface area contributed by atoms with Gasteiger partial charge in [-0.2, -0.15) is 0 Å². The van der Waals surface area contributed by atoms with Crippen LogP contribution in [-0.4, -0.2) is 4.98 Å². The van der Waals surface area contributed by atoms with Gasteiger partial charge in [0.1, 0.15) is 0 Å². The highest BCUT2D eigenvalue weighted by Gasteiger charge is 2.05. The fourth-order valence-corrected chi connectivity index (χ4v) is 1.84. The van der Waals surface area contributed by atoms with Crippen molar-refractivity contribution in [1.29, 1.82) is 0 Å². The Labute approximate surface area is 91.2 Å². The first kappa shape index (κ1) is 10.2. The molecule has 0 spiro atoms. The highest BCUT2D eigenvalue weighted by Crippen LogP contribution is 2.24. The molecule has 1 nitrogen and oxygen atoms in total. The molecular formula is C14H17N. The standard InChI is InChI=1S/C14H17N/c1-4-10(2)12-5-6-14-13(9-12)11(3)7-8-15-14/h5-10H,4H2,1-3H3. The van der Waals surface area contributed by atoms with E-state index in [1.165, 1.54) is 22.9 Å². The Balaban J connectivity index is 2.59. The average molecular weight is 199 g/mol. The number of fused-ring (bicyclic) bond motifs is 1. The van der Waals surface area contributed by atoms with Crippen LogP contribution in [0.2, 0.25) is 0 Å². The van der Waals surface area contributed by atoms with Gasteiger partial charge in [0, 0.05) is 11.6 Å². The second-order valence-corrected chi connectivity index (χ2v) is 4.21. The van der Waals surface area contributed by atoms with Crippen molar-refractivity contribution in [2.75, 3.05) is 0 Å². The van der Waals surface area contributed by atoms with Crippen LogP contribution in [-0.2, 0) is 0 Å². The molecule has 0 fully saturated rings. The van der Waals surface area contributed by atoms with Crippen LogP contribution in [0.25, 0.3) is 10.9 Å². The lowest BCUT2D eigenvalue weighted by Gasteiger charge is -2.10. The van der Waals surface area contributed by atoms with E-state index in [-0.39, 0.29) is 0 Å². The number of nitrogens with zero attached hydrogens (tertiary/aromatic N) is 1. The van der Waals surface area contributed by atoms with E-state index in [1.807, 2.05) is 6.20 Å². The lowest BCUT2D eigenvalue weighted by molar-refractivity contribution is 0.734. The van der Waals surface area contributed by atoms with E-state index in [0.29, 0.717) is 5.92 Å². The topological polar surface area (TPSA) is 12.9 Å². The fraction of sp³-hybridized carbons (Fsp3) is 0.357. The molecule has 0 bridgehead atoms. The van der Waals surface area contributed by atoms with Crippen LogP contribution in [0.4, 0.5) is 0 Å². The molecule has 0 saturated heterocycles. The zero-order chi connectivity index (χ0) is 10.8. The summed E-state index contributed by atoms with van der Waals surface area (Å²) in [7, 11) is 0. The summed E-state index contributed by atoms with van der Waals surface area (Å²) in [6.45, 7) is 6.64. The van der Waals surface area contributed by atoms with E-state index in [0.717, 1.165) is 5.52 Å². The Morgan fingerprint density at radius 3 is 2.80 bits per heavy atom. The van der Waals surface area contributed by atoms with Crippen molar-refractivity contribution in [2.45, 2.75) is 33.1 Å². The largest absolute Gasteiger partial charge is 0.256 e. The van der Waals surface area contributed by atoms with Crippen LogP contribution in [0.15, 0.2) is 30.5 Å². The Bertz CT molecular complexity index is 474. The van der Waals surface area contributed by atoms with Crippen LogP contribution < -0.4 is 0 Å². The van der Waals surface area contributed by atoms with E-state index in [4.69, 9.17) is 0 Å². The first-order chi connectivity index (χ1) is 7.22. The second kappa shape index (κ2) is 4.01. The summed E-state index contributed by atoms with van der Waals surface area (Å²) in [4.78, 5) is 4.37. The van der Waals surface area contributed by atoms with Crippen molar-refractivity contribution < 1.29 is 0 Å². The lowest BCUT2D eigenvalue weighted by Crippen LogP contribution is -1.92. The van der Waals surface area contributed by atoms with Crippen molar-refractivity contribution in [3.63, 3.8) is 0 Å². The molecule has 0 aliphatic carbocycles. The summed E-state index contributed by atoms with van der Waals surface area (Å²) < 4.78 is 0. The van der Waals surface area contributed by atoms with Gasteiger partial charge < -0.3 is 0 Å². The smallest absolute Gasteiger partial charge is 0.0704 e. The molecule has 0 N–H and O–H groups in total. The molecule has 0 amide bonds. The maximum Gasteiger partial charge on any atom is 0.0704 e. The van der Waals surface area contributed by atoms with E-state index in [9.17, 15) is 0 Å². The number of benzene rings is 1. The third-order valence-corrected chi connectivity index (χ3v) is 3.17. The third kappa shape index (κ3) is 1.87. The van der Waals surface area contributed by atoms with E-state index in [2.05, 4.69) is 50.0 Å². The zero-order valence-corrected chi connectivity index (χ0v) is 9.62. The van der Waals surface area contributed by atoms with Gasteiger partial charge in [0.15, 0.2) is 0 Å². The fourth-order valence-electron chi connectivity index (χ4n) is 1.84. The molecule has 0 radical (unpaired) electrons. The van der Waals surface area contributed by atoms with Crippen LogP contribution in [0.3, 0.4) is 0 Å². The van der Waals surface area contributed by atoms with Crippen LogP contribution in [0.1, 0.15) is 37.3 Å². The number of pyridine rings is 1. The molecule has 1 aromatic carbocycles. The highest BCUT2D eigenvalue weighted by molar-refractivity contribution is 5.82. The maximum atomic E-state index is 4.37. The van der Waals surface area contributed by atoms with Gasteiger partial charge >= 0.3 is 0 Å². The van der Waals surface area contributed by atoms with Gasteiger partial charge in [0.2, 0.25) is 0 Å². The molecule has 0 aliphatic rings. The number of rotatable bonds is 2. The van der Waals surface area contributed by atoms with Crippen LogP contribution >= 0.6 is 0 Å². The van der Waals surface area contributed by atoms with Crippen molar-refractivity contribution in [3.8, 4) is 0 Å².